The summed E-state index contributed by atoms with van der Waals surface area (Å²) < 4.78 is 1.83. The van der Waals surface area contributed by atoms with Crippen LogP contribution in [0.2, 0.25) is 0 Å². The molecule has 0 bridgehead atoms. The lowest BCUT2D eigenvalue weighted by Gasteiger charge is -2.09. The zero-order valence-corrected chi connectivity index (χ0v) is 10.3. The summed E-state index contributed by atoms with van der Waals surface area (Å²) >= 11 is 1.73. The van der Waals surface area contributed by atoms with E-state index in [9.17, 15) is 0 Å². The summed E-state index contributed by atoms with van der Waals surface area (Å²) in [7, 11) is 1.94. The lowest BCUT2D eigenvalue weighted by Crippen LogP contribution is -2.23. The molecule has 0 amide bonds. The number of nitrogens with zero attached hydrogens (tertiary/aromatic N) is 2. The van der Waals surface area contributed by atoms with Crippen molar-refractivity contribution in [2.75, 3.05) is 0 Å². The first-order chi connectivity index (χ1) is 7.74. The minimum Gasteiger partial charge on any atom is -0.327 e. The van der Waals surface area contributed by atoms with E-state index in [0.717, 1.165) is 19.3 Å². The first-order valence-corrected chi connectivity index (χ1v) is 6.42. The minimum atomic E-state index is 0.245. The number of aromatic nitrogens is 2. The van der Waals surface area contributed by atoms with Gasteiger partial charge in [0.25, 0.3) is 0 Å². The maximum atomic E-state index is 6.10. The Balaban J connectivity index is 1.77. The van der Waals surface area contributed by atoms with Crippen LogP contribution in [0.25, 0.3) is 0 Å². The highest BCUT2D eigenvalue weighted by Crippen LogP contribution is 2.11. The second-order valence-electron chi connectivity index (χ2n) is 4.16. The molecule has 4 heteroatoms. The minimum absolute atomic E-state index is 0.245. The van der Waals surface area contributed by atoms with E-state index >= 15 is 0 Å². The topological polar surface area (TPSA) is 43.8 Å². The van der Waals surface area contributed by atoms with Crippen LogP contribution < -0.4 is 5.73 Å². The monoisotopic (exact) mass is 235 g/mol. The van der Waals surface area contributed by atoms with E-state index in [1.807, 2.05) is 17.9 Å². The van der Waals surface area contributed by atoms with Crippen LogP contribution in [-0.4, -0.2) is 15.8 Å². The van der Waals surface area contributed by atoms with Gasteiger partial charge in [-0.3, -0.25) is 4.68 Å². The Morgan fingerprint density at radius 3 is 3.00 bits per heavy atom. The van der Waals surface area contributed by atoms with E-state index in [0.29, 0.717) is 0 Å². The van der Waals surface area contributed by atoms with Crippen molar-refractivity contribution in [3.8, 4) is 0 Å². The Kier molecular flexibility index (Phi) is 3.74. The molecule has 0 fully saturated rings. The van der Waals surface area contributed by atoms with Crippen LogP contribution in [0.4, 0.5) is 0 Å². The van der Waals surface area contributed by atoms with Gasteiger partial charge in [-0.1, -0.05) is 0 Å². The summed E-state index contributed by atoms with van der Waals surface area (Å²) in [6.45, 7) is 0. The Bertz CT molecular complexity index is 419. The molecule has 0 aliphatic rings. The standard InChI is InChI=1S/C12H17N3S/c1-15-8-11(7-14-15)2-3-12(13)6-10-4-5-16-9-10/h4-5,7-9,12H,2-3,6,13H2,1H3. The van der Waals surface area contributed by atoms with Crippen LogP contribution in [0.15, 0.2) is 29.2 Å². The van der Waals surface area contributed by atoms with Crippen molar-refractivity contribution in [1.29, 1.82) is 0 Å². The van der Waals surface area contributed by atoms with E-state index in [4.69, 9.17) is 5.73 Å². The third-order valence-electron chi connectivity index (χ3n) is 2.64. The van der Waals surface area contributed by atoms with Crippen molar-refractivity contribution in [1.82, 2.24) is 9.78 Å². The number of rotatable bonds is 5. The van der Waals surface area contributed by atoms with Crippen molar-refractivity contribution in [3.05, 3.63) is 40.3 Å². The molecule has 1 atom stereocenters. The Morgan fingerprint density at radius 1 is 1.50 bits per heavy atom. The average molecular weight is 235 g/mol. The third kappa shape index (κ3) is 3.18. The maximum absolute atomic E-state index is 6.10. The van der Waals surface area contributed by atoms with Gasteiger partial charge in [0, 0.05) is 19.3 Å². The molecule has 0 aromatic carbocycles. The molecule has 2 heterocycles. The van der Waals surface area contributed by atoms with Gasteiger partial charge in [0.05, 0.1) is 6.20 Å². The van der Waals surface area contributed by atoms with Gasteiger partial charge in [0.1, 0.15) is 0 Å². The zero-order chi connectivity index (χ0) is 11.4. The van der Waals surface area contributed by atoms with Gasteiger partial charge < -0.3 is 5.73 Å². The molecule has 2 N–H and O–H groups in total. The fourth-order valence-corrected chi connectivity index (χ4v) is 2.45. The summed E-state index contributed by atoms with van der Waals surface area (Å²) in [6.07, 6.45) is 6.97. The Labute approximate surface area is 99.9 Å². The first kappa shape index (κ1) is 11.4. The van der Waals surface area contributed by atoms with Gasteiger partial charge in [0.2, 0.25) is 0 Å². The van der Waals surface area contributed by atoms with E-state index in [2.05, 4.69) is 28.1 Å². The molecule has 0 radical (unpaired) electrons. The number of thiophene rings is 1. The molecule has 0 saturated carbocycles. The normalized spacial score (nSPS) is 12.9. The van der Waals surface area contributed by atoms with Gasteiger partial charge in [-0.25, -0.2) is 0 Å². The fraction of sp³-hybridized carbons (Fsp3) is 0.417. The van der Waals surface area contributed by atoms with Crippen LogP contribution >= 0.6 is 11.3 Å². The largest absolute Gasteiger partial charge is 0.327 e. The smallest absolute Gasteiger partial charge is 0.0521 e. The molecule has 0 spiro atoms. The molecule has 1 unspecified atom stereocenters. The average Bonchev–Trinajstić information content (AvgIpc) is 2.87. The van der Waals surface area contributed by atoms with E-state index in [-0.39, 0.29) is 6.04 Å². The van der Waals surface area contributed by atoms with Gasteiger partial charge in [-0.05, 0) is 47.2 Å². The molecule has 0 aliphatic carbocycles. The van der Waals surface area contributed by atoms with E-state index < -0.39 is 0 Å². The lowest BCUT2D eigenvalue weighted by molar-refractivity contribution is 0.611. The van der Waals surface area contributed by atoms with Crippen LogP contribution in [-0.2, 0) is 19.9 Å². The van der Waals surface area contributed by atoms with Gasteiger partial charge in [-0.2, -0.15) is 16.4 Å². The fourth-order valence-electron chi connectivity index (χ4n) is 1.77. The van der Waals surface area contributed by atoms with E-state index in [1.165, 1.54) is 11.1 Å². The first-order valence-electron chi connectivity index (χ1n) is 5.48. The molecule has 2 aromatic rings. The van der Waals surface area contributed by atoms with Crippen molar-refractivity contribution in [3.63, 3.8) is 0 Å². The van der Waals surface area contributed by atoms with Gasteiger partial charge in [-0.15, -0.1) is 0 Å². The maximum Gasteiger partial charge on any atom is 0.0521 e. The number of nitrogens with two attached hydrogens (primary N) is 1. The third-order valence-corrected chi connectivity index (χ3v) is 3.37. The molecule has 16 heavy (non-hydrogen) atoms. The summed E-state index contributed by atoms with van der Waals surface area (Å²) in [5, 5.41) is 8.42. The second-order valence-corrected chi connectivity index (χ2v) is 4.94. The molecule has 2 aromatic heterocycles. The van der Waals surface area contributed by atoms with Crippen molar-refractivity contribution in [2.45, 2.75) is 25.3 Å². The van der Waals surface area contributed by atoms with Crippen LogP contribution in [0.3, 0.4) is 0 Å². The molecular weight excluding hydrogens is 218 g/mol. The van der Waals surface area contributed by atoms with Gasteiger partial charge >= 0.3 is 0 Å². The SMILES string of the molecule is Cn1cc(CCC(N)Cc2ccsc2)cn1. The molecule has 2 rings (SSSR count). The Hall–Kier alpha value is -1.13. The van der Waals surface area contributed by atoms with Crippen LogP contribution in [0.5, 0.6) is 0 Å². The van der Waals surface area contributed by atoms with Crippen LogP contribution in [0, 0.1) is 0 Å². The highest BCUT2D eigenvalue weighted by Gasteiger charge is 2.05. The quantitative estimate of drug-likeness (QED) is 0.861. The summed E-state index contributed by atoms with van der Waals surface area (Å²) in [5.41, 5.74) is 8.71. The molecular formula is C12H17N3S. The lowest BCUT2D eigenvalue weighted by atomic mass is 10.0. The molecule has 0 saturated heterocycles. The second kappa shape index (κ2) is 5.27. The number of aryl methyl sites for hydroxylation is 2. The summed E-state index contributed by atoms with van der Waals surface area (Å²) in [6, 6.07) is 2.39. The number of hydrogen-bond acceptors (Lipinski definition) is 3. The Morgan fingerprint density at radius 2 is 2.38 bits per heavy atom. The summed E-state index contributed by atoms with van der Waals surface area (Å²) in [5.74, 6) is 0. The van der Waals surface area contributed by atoms with E-state index in [1.54, 1.807) is 11.3 Å². The van der Waals surface area contributed by atoms with Crippen molar-refractivity contribution >= 4 is 11.3 Å². The van der Waals surface area contributed by atoms with Gasteiger partial charge in [0.15, 0.2) is 0 Å². The number of hydrogen-bond donors (Lipinski definition) is 1. The molecule has 86 valence electrons. The predicted octanol–water partition coefficient (Wildman–Crippen LogP) is 1.98. The highest BCUT2D eigenvalue weighted by molar-refractivity contribution is 7.07. The summed E-state index contributed by atoms with van der Waals surface area (Å²) in [4.78, 5) is 0. The van der Waals surface area contributed by atoms with Crippen molar-refractivity contribution < 1.29 is 0 Å². The predicted molar refractivity (Wildman–Crippen MR) is 67.5 cm³/mol. The molecule has 3 nitrogen and oxygen atoms in total. The highest BCUT2D eigenvalue weighted by atomic mass is 32.1. The van der Waals surface area contributed by atoms with Crippen molar-refractivity contribution in [2.24, 2.45) is 12.8 Å². The zero-order valence-electron chi connectivity index (χ0n) is 9.47. The molecule has 0 aliphatic heterocycles. The van der Waals surface area contributed by atoms with Crippen LogP contribution in [0.1, 0.15) is 17.5 Å².